The summed E-state index contributed by atoms with van der Waals surface area (Å²) in [7, 11) is -3.65. The Bertz CT molecular complexity index is 1030. The van der Waals surface area contributed by atoms with Crippen molar-refractivity contribution in [1.82, 2.24) is 19.8 Å². The van der Waals surface area contributed by atoms with Gasteiger partial charge in [0.1, 0.15) is 0 Å². The number of unbranched alkanes of at least 4 members (excludes halogenated alkanes) is 1. The maximum Gasteiger partial charge on any atom is 0.251 e. The average Bonchev–Trinajstić information content (AvgIpc) is 2.84. The van der Waals surface area contributed by atoms with E-state index in [0.717, 1.165) is 52.1 Å². The molecule has 0 radical (unpaired) electrons. The van der Waals surface area contributed by atoms with Crippen LogP contribution in [0.2, 0.25) is 0 Å². The summed E-state index contributed by atoms with van der Waals surface area (Å²) in [5, 5.41) is 2.91. The summed E-state index contributed by atoms with van der Waals surface area (Å²) in [5.41, 5.74) is 1.79. The van der Waals surface area contributed by atoms with Gasteiger partial charge in [0.15, 0.2) is 0 Å². The summed E-state index contributed by atoms with van der Waals surface area (Å²) in [4.78, 5) is 17.4. The number of amides is 1. The molecule has 2 N–H and O–H groups in total. The van der Waals surface area contributed by atoms with Crippen molar-refractivity contribution in [1.29, 1.82) is 0 Å². The minimum Gasteiger partial charge on any atom is -0.352 e. The van der Waals surface area contributed by atoms with Crippen molar-refractivity contribution in [3.63, 3.8) is 0 Å². The summed E-state index contributed by atoms with van der Waals surface area (Å²) in [6, 6.07) is 16.4. The van der Waals surface area contributed by atoms with Crippen LogP contribution in [0, 0.1) is 12.3 Å². The first kappa shape index (κ1) is 24.9. The van der Waals surface area contributed by atoms with E-state index in [1.165, 1.54) is 29.8 Å². The summed E-state index contributed by atoms with van der Waals surface area (Å²) < 4.78 is 26.4. The Balaban J connectivity index is 1.30. The molecular formula is C25H32N4O3S. The van der Waals surface area contributed by atoms with Gasteiger partial charge in [0.2, 0.25) is 10.0 Å². The Morgan fingerprint density at radius 1 is 0.939 bits per heavy atom. The van der Waals surface area contributed by atoms with E-state index in [4.69, 9.17) is 6.42 Å². The molecule has 0 saturated carbocycles. The van der Waals surface area contributed by atoms with E-state index in [1.54, 1.807) is 0 Å². The Morgan fingerprint density at radius 3 is 2.27 bits per heavy atom. The maximum atomic E-state index is 12.3. The Labute approximate surface area is 197 Å². The number of nitrogens with zero attached hydrogens (tertiary/aromatic N) is 2. The third kappa shape index (κ3) is 7.98. The number of hydrogen-bond acceptors (Lipinski definition) is 5. The van der Waals surface area contributed by atoms with Crippen LogP contribution in [0.4, 0.5) is 0 Å². The van der Waals surface area contributed by atoms with E-state index in [9.17, 15) is 13.2 Å². The zero-order chi connectivity index (χ0) is 23.5. The van der Waals surface area contributed by atoms with Crippen molar-refractivity contribution in [2.75, 3.05) is 45.8 Å². The lowest BCUT2D eigenvalue weighted by molar-refractivity contribution is 0.0951. The van der Waals surface area contributed by atoms with Gasteiger partial charge in [-0.05, 0) is 49.2 Å². The lowest BCUT2D eigenvalue weighted by Crippen LogP contribution is -2.46. The van der Waals surface area contributed by atoms with Crippen molar-refractivity contribution in [3.8, 4) is 12.3 Å². The molecule has 1 heterocycles. The summed E-state index contributed by atoms with van der Waals surface area (Å²) in [6.07, 6.45) is 7.01. The number of carbonyl (C=O) groups is 1. The van der Waals surface area contributed by atoms with Crippen molar-refractivity contribution in [3.05, 3.63) is 65.7 Å². The van der Waals surface area contributed by atoms with E-state index < -0.39 is 10.0 Å². The van der Waals surface area contributed by atoms with Gasteiger partial charge in [-0.3, -0.25) is 9.69 Å². The first-order chi connectivity index (χ1) is 16.0. The summed E-state index contributed by atoms with van der Waals surface area (Å²) in [6.45, 7) is 6.87. The van der Waals surface area contributed by atoms with Gasteiger partial charge in [-0.15, -0.1) is 6.42 Å². The van der Waals surface area contributed by atoms with Gasteiger partial charge in [0.05, 0.1) is 11.4 Å². The Morgan fingerprint density at radius 2 is 1.61 bits per heavy atom. The quantitative estimate of drug-likeness (QED) is 0.389. The van der Waals surface area contributed by atoms with E-state index in [2.05, 4.69) is 50.0 Å². The number of benzene rings is 2. The van der Waals surface area contributed by atoms with Crippen LogP contribution in [0.15, 0.2) is 59.5 Å². The third-order valence-electron chi connectivity index (χ3n) is 5.69. The number of nitrogens with one attached hydrogen (secondary N) is 2. The number of carbonyl (C=O) groups excluding carboxylic acids is 1. The molecule has 0 bridgehead atoms. The summed E-state index contributed by atoms with van der Waals surface area (Å²) in [5.74, 6) is 2.02. The average molecular weight is 469 g/mol. The normalized spacial score (nSPS) is 15.1. The van der Waals surface area contributed by atoms with Gasteiger partial charge < -0.3 is 10.2 Å². The predicted octanol–water partition coefficient (Wildman–Crippen LogP) is 1.93. The standard InChI is InChI=1S/C25H32N4O3S/c1-2-14-27-33(31,32)24-12-10-23(11-13-24)25(30)26-15-6-7-16-28-17-19-29(20-18-28)21-22-8-4-3-5-9-22/h1,3-5,8-13,27H,6-7,14-21H2,(H,26,30). The van der Waals surface area contributed by atoms with Crippen LogP contribution in [0.3, 0.4) is 0 Å². The second kappa shape index (κ2) is 12.5. The molecule has 176 valence electrons. The fourth-order valence-electron chi connectivity index (χ4n) is 3.78. The van der Waals surface area contributed by atoms with Crippen molar-refractivity contribution in [2.45, 2.75) is 24.3 Å². The molecule has 0 unspecified atom stereocenters. The van der Waals surface area contributed by atoms with Crippen LogP contribution in [0.1, 0.15) is 28.8 Å². The van der Waals surface area contributed by atoms with Crippen molar-refractivity contribution < 1.29 is 13.2 Å². The molecule has 2 aromatic rings. The molecular weight excluding hydrogens is 436 g/mol. The minimum absolute atomic E-state index is 0.0755. The molecule has 33 heavy (non-hydrogen) atoms. The Hall–Kier alpha value is -2.70. The lowest BCUT2D eigenvalue weighted by atomic mass is 10.2. The molecule has 7 nitrogen and oxygen atoms in total. The molecule has 0 aliphatic carbocycles. The Kier molecular flexibility index (Phi) is 9.46. The van der Waals surface area contributed by atoms with E-state index in [0.29, 0.717) is 12.1 Å². The second-order valence-corrected chi connectivity index (χ2v) is 9.89. The number of rotatable bonds is 11. The molecule has 8 heteroatoms. The van der Waals surface area contributed by atoms with E-state index in [-0.39, 0.29) is 17.3 Å². The highest BCUT2D eigenvalue weighted by atomic mass is 32.2. The smallest absolute Gasteiger partial charge is 0.251 e. The zero-order valence-corrected chi connectivity index (χ0v) is 19.7. The van der Waals surface area contributed by atoms with Crippen LogP contribution < -0.4 is 10.0 Å². The van der Waals surface area contributed by atoms with Crippen LogP contribution in [0.25, 0.3) is 0 Å². The van der Waals surface area contributed by atoms with Gasteiger partial charge in [0.25, 0.3) is 5.91 Å². The number of piperazine rings is 1. The molecule has 0 spiro atoms. The van der Waals surface area contributed by atoms with Crippen molar-refractivity contribution >= 4 is 15.9 Å². The SMILES string of the molecule is C#CCNS(=O)(=O)c1ccc(C(=O)NCCCCN2CCN(Cc3ccccc3)CC2)cc1. The van der Waals surface area contributed by atoms with Gasteiger partial charge in [-0.2, -0.15) is 4.72 Å². The van der Waals surface area contributed by atoms with Crippen LogP contribution >= 0.6 is 0 Å². The van der Waals surface area contributed by atoms with E-state index >= 15 is 0 Å². The zero-order valence-electron chi connectivity index (χ0n) is 18.9. The molecule has 0 aromatic heterocycles. The monoisotopic (exact) mass is 468 g/mol. The topological polar surface area (TPSA) is 81.7 Å². The molecule has 1 amide bonds. The summed E-state index contributed by atoms with van der Waals surface area (Å²) >= 11 is 0. The fraction of sp³-hybridized carbons (Fsp3) is 0.400. The molecule has 3 rings (SSSR count). The van der Waals surface area contributed by atoms with Gasteiger partial charge >= 0.3 is 0 Å². The molecule has 2 aromatic carbocycles. The highest BCUT2D eigenvalue weighted by molar-refractivity contribution is 7.89. The predicted molar refractivity (Wildman–Crippen MR) is 130 cm³/mol. The fourth-order valence-corrected chi connectivity index (χ4v) is 4.72. The van der Waals surface area contributed by atoms with Crippen LogP contribution in [-0.2, 0) is 16.6 Å². The first-order valence-corrected chi connectivity index (χ1v) is 12.8. The second-order valence-electron chi connectivity index (χ2n) is 8.12. The lowest BCUT2D eigenvalue weighted by Gasteiger charge is -2.34. The van der Waals surface area contributed by atoms with Gasteiger partial charge in [0, 0.05) is 44.8 Å². The molecule has 1 aliphatic rings. The molecule has 0 atom stereocenters. The number of sulfonamides is 1. The van der Waals surface area contributed by atoms with Crippen LogP contribution in [0.5, 0.6) is 0 Å². The maximum absolute atomic E-state index is 12.3. The highest BCUT2D eigenvalue weighted by Gasteiger charge is 2.17. The van der Waals surface area contributed by atoms with E-state index in [1.807, 2.05) is 6.07 Å². The molecule has 1 aliphatic heterocycles. The van der Waals surface area contributed by atoms with Crippen molar-refractivity contribution in [2.24, 2.45) is 0 Å². The molecule has 1 fully saturated rings. The first-order valence-electron chi connectivity index (χ1n) is 11.3. The highest BCUT2D eigenvalue weighted by Crippen LogP contribution is 2.11. The largest absolute Gasteiger partial charge is 0.352 e. The minimum atomic E-state index is -3.65. The number of terminal acetylenes is 1. The third-order valence-corrected chi connectivity index (χ3v) is 7.11. The van der Waals surface area contributed by atoms with Crippen LogP contribution in [-0.4, -0.2) is 69.9 Å². The number of hydrogen-bond donors (Lipinski definition) is 2. The van der Waals surface area contributed by atoms with Gasteiger partial charge in [-0.25, -0.2) is 8.42 Å². The molecule has 1 saturated heterocycles. The van der Waals surface area contributed by atoms with Gasteiger partial charge in [-0.1, -0.05) is 36.3 Å².